The number of hydrogen-bond donors (Lipinski definition) is 2. The Kier molecular flexibility index (Phi) is 6.34. The molecule has 0 radical (unpaired) electrons. The molecule has 0 saturated carbocycles. The molecule has 0 aromatic heterocycles. The van der Waals surface area contributed by atoms with Crippen molar-refractivity contribution in [2.45, 2.75) is 19.0 Å². The minimum atomic E-state index is 0.184. The van der Waals surface area contributed by atoms with Crippen LogP contribution in [0.25, 0.3) is 0 Å². The third-order valence-corrected chi connectivity index (χ3v) is 3.89. The summed E-state index contributed by atoms with van der Waals surface area (Å²) in [6, 6.07) is 13.5. The van der Waals surface area contributed by atoms with Crippen molar-refractivity contribution < 1.29 is 0 Å². The fourth-order valence-electron chi connectivity index (χ4n) is 2.12. The lowest BCUT2D eigenvalue weighted by Crippen LogP contribution is -2.37. The molecule has 2 rings (SSSR count). The van der Waals surface area contributed by atoms with Crippen LogP contribution in [0.5, 0.6) is 0 Å². The van der Waals surface area contributed by atoms with Gasteiger partial charge in [-0.2, -0.15) is 0 Å². The summed E-state index contributed by atoms with van der Waals surface area (Å²) < 4.78 is 0. The molecule has 0 fully saturated rings. The first-order valence-electron chi connectivity index (χ1n) is 6.69. The smallest absolute Gasteiger partial charge is 0.0424 e. The number of rotatable bonds is 6. The Morgan fingerprint density at radius 2 is 1.48 bits per heavy atom. The van der Waals surface area contributed by atoms with Crippen molar-refractivity contribution in [3.8, 4) is 0 Å². The van der Waals surface area contributed by atoms with E-state index >= 15 is 0 Å². The van der Waals surface area contributed by atoms with Crippen molar-refractivity contribution in [2.75, 3.05) is 6.54 Å². The van der Waals surface area contributed by atoms with Crippen LogP contribution in [0.3, 0.4) is 0 Å². The summed E-state index contributed by atoms with van der Waals surface area (Å²) in [5.74, 6) is 0. The highest BCUT2D eigenvalue weighted by atomic mass is 35.5. The molecule has 0 bridgehead atoms. The standard InChI is InChI=1S/C16H17Cl3N2/c17-13-3-1-11(2-4-13)7-16(9-20)21-10-12-5-14(18)8-15(19)6-12/h1-6,8,16,21H,7,9-10,20H2. The maximum Gasteiger partial charge on any atom is 0.0424 e. The lowest BCUT2D eigenvalue weighted by atomic mass is 10.1. The Bertz CT molecular complexity index is 564. The molecule has 1 unspecified atom stereocenters. The number of hydrogen-bond acceptors (Lipinski definition) is 2. The van der Waals surface area contributed by atoms with Crippen LogP contribution in [-0.2, 0) is 13.0 Å². The normalized spacial score (nSPS) is 12.4. The molecular weight excluding hydrogens is 327 g/mol. The lowest BCUT2D eigenvalue weighted by molar-refractivity contribution is 0.515. The zero-order valence-electron chi connectivity index (χ0n) is 11.5. The predicted octanol–water partition coefficient (Wildman–Crippen LogP) is 4.31. The fraction of sp³-hybridized carbons (Fsp3) is 0.250. The van der Waals surface area contributed by atoms with Crippen LogP contribution in [-0.4, -0.2) is 12.6 Å². The Balaban J connectivity index is 1.94. The van der Waals surface area contributed by atoms with Crippen molar-refractivity contribution in [1.29, 1.82) is 0 Å². The van der Waals surface area contributed by atoms with Gasteiger partial charge >= 0.3 is 0 Å². The lowest BCUT2D eigenvalue weighted by Gasteiger charge is -2.17. The van der Waals surface area contributed by atoms with E-state index in [0.717, 1.165) is 17.0 Å². The van der Waals surface area contributed by atoms with Crippen molar-refractivity contribution in [3.63, 3.8) is 0 Å². The van der Waals surface area contributed by atoms with Gasteiger partial charge in [-0.3, -0.25) is 0 Å². The molecule has 2 nitrogen and oxygen atoms in total. The monoisotopic (exact) mass is 342 g/mol. The van der Waals surface area contributed by atoms with Gasteiger partial charge in [-0.25, -0.2) is 0 Å². The number of nitrogens with one attached hydrogen (secondary N) is 1. The van der Waals surface area contributed by atoms with Gasteiger partial charge in [-0.15, -0.1) is 0 Å². The summed E-state index contributed by atoms with van der Waals surface area (Å²) in [5.41, 5.74) is 8.08. The number of nitrogens with two attached hydrogens (primary N) is 1. The Morgan fingerprint density at radius 1 is 0.857 bits per heavy atom. The molecule has 0 aliphatic rings. The van der Waals surface area contributed by atoms with E-state index in [-0.39, 0.29) is 6.04 Å². The quantitative estimate of drug-likeness (QED) is 0.820. The van der Waals surface area contributed by atoms with Gasteiger partial charge in [0.25, 0.3) is 0 Å². The molecular formula is C16H17Cl3N2. The first-order valence-corrected chi connectivity index (χ1v) is 7.83. The van der Waals surface area contributed by atoms with Crippen LogP contribution >= 0.6 is 34.8 Å². The van der Waals surface area contributed by atoms with Crippen LogP contribution < -0.4 is 11.1 Å². The van der Waals surface area contributed by atoms with E-state index < -0.39 is 0 Å². The number of benzene rings is 2. The van der Waals surface area contributed by atoms with E-state index in [4.69, 9.17) is 40.5 Å². The minimum absolute atomic E-state index is 0.184. The van der Waals surface area contributed by atoms with Crippen LogP contribution in [0.1, 0.15) is 11.1 Å². The molecule has 112 valence electrons. The topological polar surface area (TPSA) is 38.0 Å². The molecule has 1 atom stereocenters. The van der Waals surface area contributed by atoms with Crippen LogP contribution in [0, 0.1) is 0 Å². The van der Waals surface area contributed by atoms with Gasteiger partial charge in [0, 0.05) is 34.2 Å². The van der Waals surface area contributed by atoms with Gasteiger partial charge in [0.1, 0.15) is 0 Å². The van der Waals surface area contributed by atoms with E-state index in [1.54, 1.807) is 6.07 Å². The first-order chi connectivity index (χ1) is 10.1. The van der Waals surface area contributed by atoms with E-state index in [0.29, 0.717) is 23.1 Å². The van der Waals surface area contributed by atoms with Crippen molar-refractivity contribution in [2.24, 2.45) is 5.73 Å². The van der Waals surface area contributed by atoms with E-state index in [2.05, 4.69) is 5.32 Å². The van der Waals surface area contributed by atoms with E-state index in [1.807, 2.05) is 36.4 Å². The Hall–Kier alpha value is -0.770. The second-order valence-electron chi connectivity index (χ2n) is 4.92. The van der Waals surface area contributed by atoms with Crippen molar-refractivity contribution in [1.82, 2.24) is 5.32 Å². The average Bonchev–Trinajstić information content (AvgIpc) is 2.44. The third kappa shape index (κ3) is 5.50. The predicted molar refractivity (Wildman–Crippen MR) is 91.3 cm³/mol. The molecule has 0 amide bonds. The minimum Gasteiger partial charge on any atom is -0.329 e. The zero-order valence-corrected chi connectivity index (χ0v) is 13.7. The molecule has 5 heteroatoms. The van der Waals surface area contributed by atoms with Gasteiger partial charge in [0.15, 0.2) is 0 Å². The molecule has 0 heterocycles. The summed E-state index contributed by atoms with van der Waals surface area (Å²) >= 11 is 17.9. The molecule has 2 aromatic rings. The van der Waals surface area contributed by atoms with Gasteiger partial charge in [-0.05, 0) is 47.9 Å². The molecule has 0 aliphatic carbocycles. The molecule has 0 saturated heterocycles. The second-order valence-corrected chi connectivity index (χ2v) is 6.23. The maximum atomic E-state index is 5.99. The van der Waals surface area contributed by atoms with Gasteiger partial charge in [-0.1, -0.05) is 46.9 Å². The Labute approximate surface area is 140 Å². The summed E-state index contributed by atoms with van der Waals surface area (Å²) in [5, 5.41) is 5.45. The van der Waals surface area contributed by atoms with Crippen LogP contribution in [0.15, 0.2) is 42.5 Å². The highest BCUT2D eigenvalue weighted by Crippen LogP contribution is 2.19. The number of halogens is 3. The highest BCUT2D eigenvalue weighted by Gasteiger charge is 2.08. The summed E-state index contributed by atoms with van der Waals surface area (Å²) in [7, 11) is 0. The molecule has 3 N–H and O–H groups in total. The van der Waals surface area contributed by atoms with Crippen molar-refractivity contribution in [3.05, 3.63) is 68.7 Å². The molecule has 21 heavy (non-hydrogen) atoms. The van der Waals surface area contributed by atoms with Gasteiger partial charge < -0.3 is 11.1 Å². The van der Waals surface area contributed by atoms with Gasteiger partial charge in [0.2, 0.25) is 0 Å². The maximum absolute atomic E-state index is 5.99. The largest absolute Gasteiger partial charge is 0.329 e. The fourth-order valence-corrected chi connectivity index (χ4v) is 2.82. The Morgan fingerprint density at radius 3 is 2.05 bits per heavy atom. The van der Waals surface area contributed by atoms with E-state index in [1.165, 1.54) is 5.56 Å². The SMILES string of the molecule is NCC(Cc1ccc(Cl)cc1)NCc1cc(Cl)cc(Cl)c1. The second kappa shape index (κ2) is 8.02. The van der Waals surface area contributed by atoms with Gasteiger partial charge in [0.05, 0.1) is 0 Å². The average molecular weight is 344 g/mol. The first kappa shape index (κ1) is 16.6. The molecule has 2 aromatic carbocycles. The van der Waals surface area contributed by atoms with Crippen LogP contribution in [0.2, 0.25) is 15.1 Å². The zero-order chi connectivity index (χ0) is 15.2. The van der Waals surface area contributed by atoms with Crippen LogP contribution in [0.4, 0.5) is 0 Å². The summed E-state index contributed by atoms with van der Waals surface area (Å²) in [4.78, 5) is 0. The van der Waals surface area contributed by atoms with E-state index in [9.17, 15) is 0 Å². The molecule has 0 spiro atoms. The highest BCUT2D eigenvalue weighted by molar-refractivity contribution is 6.34. The summed E-state index contributed by atoms with van der Waals surface area (Å²) in [6.45, 7) is 1.23. The molecule has 0 aliphatic heterocycles. The summed E-state index contributed by atoms with van der Waals surface area (Å²) in [6.07, 6.45) is 0.849. The third-order valence-electron chi connectivity index (χ3n) is 3.20. The van der Waals surface area contributed by atoms with Crippen molar-refractivity contribution >= 4 is 34.8 Å².